The molecule has 0 aliphatic carbocycles. The highest BCUT2D eigenvalue weighted by Gasteiger charge is 2.34. The van der Waals surface area contributed by atoms with Gasteiger partial charge in [0.05, 0.1) is 13.2 Å². The lowest BCUT2D eigenvalue weighted by Gasteiger charge is -2.35. The van der Waals surface area contributed by atoms with Gasteiger partial charge in [0, 0.05) is 45.9 Å². The average Bonchev–Trinajstić information content (AvgIpc) is 2.89. The Morgan fingerprint density at radius 3 is 2.67 bits per heavy atom. The molecule has 0 aromatic heterocycles. The predicted octanol–water partition coefficient (Wildman–Crippen LogP) is 2.64. The van der Waals surface area contributed by atoms with E-state index in [1.807, 2.05) is 0 Å². The first-order chi connectivity index (χ1) is 11.7. The lowest BCUT2D eigenvalue weighted by molar-refractivity contribution is 0.0868. The summed E-state index contributed by atoms with van der Waals surface area (Å²) in [6.45, 7) is 7.23. The van der Waals surface area contributed by atoms with Gasteiger partial charge in [0.2, 0.25) is 0 Å². The molecule has 4 nitrogen and oxygen atoms in total. The topological polar surface area (TPSA) is 24.9 Å². The maximum absolute atomic E-state index is 12.9. The van der Waals surface area contributed by atoms with Crippen molar-refractivity contribution in [1.82, 2.24) is 9.80 Å². The molecule has 0 spiro atoms. The summed E-state index contributed by atoms with van der Waals surface area (Å²) in [5, 5.41) is 0. The van der Waals surface area contributed by atoms with Crippen LogP contribution in [0.4, 0.5) is 4.39 Å². The fourth-order valence-corrected chi connectivity index (χ4v) is 3.95. The molecule has 3 aliphatic rings. The summed E-state index contributed by atoms with van der Waals surface area (Å²) >= 11 is 0. The van der Waals surface area contributed by atoms with Crippen LogP contribution in [0.15, 0.2) is 24.3 Å². The predicted molar refractivity (Wildman–Crippen MR) is 92.9 cm³/mol. The smallest absolute Gasteiger partial charge is 0.123 e. The molecular formula is C19H29FN2O2. The molecule has 1 aromatic carbocycles. The van der Waals surface area contributed by atoms with Crippen molar-refractivity contribution < 1.29 is 13.9 Å². The number of benzene rings is 1. The van der Waals surface area contributed by atoms with Crippen LogP contribution >= 0.6 is 0 Å². The van der Waals surface area contributed by atoms with Gasteiger partial charge in [0.15, 0.2) is 0 Å². The number of fused-ring (bicyclic) bond motifs is 4. The zero-order valence-corrected chi connectivity index (χ0v) is 14.6. The number of rotatable bonds is 8. The average molecular weight is 336 g/mol. The molecule has 3 heterocycles. The fourth-order valence-electron chi connectivity index (χ4n) is 3.95. The van der Waals surface area contributed by atoms with Crippen molar-refractivity contribution in [3.05, 3.63) is 30.1 Å². The molecule has 0 unspecified atom stereocenters. The highest BCUT2D eigenvalue weighted by atomic mass is 19.1. The quantitative estimate of drug-likeness (QED) is 0.682. The molecule has 24 heavy (non-hydrogen) atoms. The summed E-state index contributed by atoms with van der Waals surface area (Å²) in [4.78, 5) is 5.22. The van der Waals surface area contributed by atoms with E-state index in [-0.39, 0.29) is 5.82 Å². The van der Waals surface area contributed by atoms with Crippen molar-refractivity contribution >= 4 is 0 Å². The van der Waals surface area contributed by atoms with Gasteiger partial charge in [0.25, 0.3) is 0 Å². The van der Waals surface area contributed by atoms with E-state index in [9.17, 15) is 4.39 Å². The minimum absolute atomic E-state index is 0.222. The van der Waals surface area contributed by atoms with Crippen molar-refractivity contribution in [1.29, 1.82) is 0 Å². The van der Waals surface area contributed by atoms with Crippen LogP contribution in [-0.4, -0.2) is 68.9 Å². The minimum Gasteiger partial charge on any atom is -0.494 e. The second-order valence-corrected chi connectivity index (χ2v) is 7.00. The first kappa shape index (κ1) is 17.6. The van der Waals surface area contributed by atoms with E-state index in [4.69, 9.17) is 9.47 Å². The van der Waals surface area contributed by atoms with Gasteiger partial charge in [0.1, 0.15) is 11.6 Å². The van der Waals surface area contributed by atoms with Crippen LogP contribution in [0.25, 0.3) is 0 Å². The monoisotopic (exact) mass is 336 g/mol. The second-order valence-electron chi connectivity index (χ2n) is 7.00. The number of ether oxygens (including phenoxy) is 2. The molecule has 0 saturated carbocycles. The molecule has 0 N–H and O–H groups in total. The zero-order valence-electron chi connectivity index (χ0n) is 14.6. The molecular weight excluding hydrogens is 307 g/mol. The van der Waals surface area contributed by atoms with E-state index in [0.29, 0.717) is 12.6 Å². The number of nitrogens with zero attached hydrogens (tertiary/aromatic N) is 2. The maximum atomic E-state index is 12.9. The molecule has 3 fully saturated rings. The van der Waals surface area contributed by atoms with E-state index in [1.54, 1.807) is 19.2 Å². The number of methoxy groups -OCH3 is 1. The van der Waals surface area contributed by atoms with Crippen molar-refractivity contribution in [2.75, 3.05) is 53.0 Å². The molecule has 2 atom stereocenters. The van der Waals surface area contributed by atoms with Gasteiger partial charge in [-0.05, 0) is 49.4 Å². The summed E-state index contributed by atoms with van der Waals surface area (Å²) in [6, 6.07) is 6.94. The lowest BCUT2D eigenvalue weighted by Crippen LogP contribution is -2.45. The van der Waals surface area contributed by atoms with Crippen molar-refractivity contribution in [3.63, 3.8) is 0 Å². The second kappa shape index (κ2) is 8.79. The number of piperidine rings is 1. The summed E-state index contributed by atoms with van der Waals surface area (Å²) in [5.41, 5.74) is 0. The minimum atomic E-state index is -0.222. The van der Waals surface area contributed by atoms with Crippen molar-refractivity contribution in [2.24, 2.45) is 5.92 Å². The van der Waals surface area contributed by atoms with Crippen LogP contribution < -0.4 is 4.74 Å². The normalized spacial score (nSPS) is 24.9. The Kier molecular flexibility index (Phi) is 6.46. The highest BCUT2D eigenvalue weighted by Crippen LogP contribution is 2.27. The highest BCUT2D eigenvalue weighted by molar-refractivity contribution is 5.21. The number of hydrogen-bond donors (Lipinski definition) is 0. The van der Waals surface area contributed by atoms with Crippen LogP contribution in [0.1, 0.15) is 19.3 Å². The third-order valence-corrected chi connectivity index (χ3v) is 5.19. The first-order valence-corrected chi connectivity index (χ1v) is 9.08. The summed E-state index contributed by atoms with van der Waals surface area (Å²) in [5.74, 6) is 1.32. The first-order valence-electron chi connectivity index (χ1n) is 9.08. The van der Waals surface area contributed by atoms with E-state index in [2.05, 4.69) is 9.80 Å². The summed E-state index contributed by atoms with van der Waals surface area (Å²) < 4.78 is 23.8. The Bertz CT molecular complexity index is 497. The lowest BCUT2D eigenvalue weighted by atomic mass is 9.95. The van der Waals surface area contributed by atoms with Gasteiger partial charge in [-0.3, -0.25) is 4.90 Å². The van der Waals surface area contributed by atoms with E-state index in [1.165, 1.54) is 38.1 Å². The third-order valence-electron chi connectivity index (χ3n) is 5.19. The molecule has 4 rings (SSSR count). The molecule has 3 saturated heterocycles. The molecule has 0 amide bonds. The summed E-state index contributed by atoms with van der Waals surface area (Å²) in [6.07, 6.45) is 3.68. The van der Waals surface area contributed by atoms with Crippen LogP contribution in [0, 0.1) is 11.7 Å². The Hall–Kier alpha value is -1.17. The Labute approximate surface area is 144 Å². The van der Waals surface area contributed by atoms with E-state index < -0.39 is 0 Å². The van der Waals surface area contributed by atoms with E-state index in [0.717, 1.165) is 44.3 Å². The van der Waals surface area contributed by atoms with Gasteiger partial charge in [-0.25, -0.2) is 4.39 Å². The molecule has 3 aliphatic heterocycles. The Balaban J connectivity index is 1.40. The van der Waals surface area contributed by atoms with Crippen molar-refractivity contribution in [3.8, 4) is 5.75 Å². The molecule has 134 valence electrons. The van der Waals surface area contributed by atoms with Gasteiger partial charge < -0.3 is 14.4 Å². The van der Waals surface area contributed by atoms with Crippen LogP contribution in [0.5, 0.6) is 5.75 Å². The molecule has 0 radical (unpaired) electrons. The van der Waals surface area contributed by atoms with Crippen LogP contribution in [0.2, 0.25) is 0 Å². The van der Waals surface area contributed by atoms with Crippen LogP contribution in [-0.2, 0) is 4.74 Å². The largest absolute Gasteiger partial charge is 0.494 e. The van der Waals surface area contributed by atoms with Crippen LogP contribution in [0.3, 0.4) is 0 Å². The zero-order chi connectivity index (χ0) is 16.8. The third kappa shape index (κ3) is 4.91. The van der Waals surface area contributed by atoms with Gasteiger partial charge >= 0.3 is 0 Å². The number of halogens is 1. The Morgan fingerprint density at radius 2 is 1.88 bits per heavy atom. The van der Waals surface area contributed by atoms with Gasteiger partial charge in [-0.1, -0.05) is 0 Å². The maximum Gasteiger partial charge on any atom is 0.123 e. The van der Waals surface area contributed by atoms with Crippen molar-refractivity contribution in [2.45, 2.75) is 25.3 Å². The molecule has 1 aromatic rings. The standard InChI is InChI=1S/C19H29FN2O2/c1-23-12-10-22-14-16-3-6-18(22)15-21(13-16)9-2-11-24-19-7-4-17(20)5-8-19/h4-5,7-8,16,18H,2-3,6,9-15H2,1H3/t16-,18+/m0/s1. The Morgan fingerprint density at radius 1 is 1.04 bits per heavy atom. The molecule has 5 heteroatoms. The van der Waals surface area contributed by atoms with E-state index >= 15 is 0 Å². The molecule has 2 bridgehead atoms. The number of hydrogen-bond acceptors (Lipinski definition) is 4. The fraction of sp³-hybridized carbons (Fsp3) is 0.684. The SMILES string of the molecule is COCCN1C[C@H]2CC[C@@H]1CN(CCCOc1ccc(F)cc1)C2. The van der Waals surface area contributed by atoms with Gasteiger partial charge in [-0.15, -0.1) is 0 Å². The summed E-state index contributed by atoms with van der Waals surface area (Å²) in [7, 11) is 1.78. The van der Waals surface area contributed by atoms with Gasteiger partial charge in [-0.2, -0.15) is 0 Å².